The van der Waals surface area contributed by atoms with Crippen LogP contribution in [0.2, 0.25) is 0 Å². The number of ether oxygens (including phenoxy) is 8. The smallest absolute Gasteiger partial charge is 0.259 e. The van der Waals surface area contributed by atoms with E-state index in [1.165, 1.54) is 14.2 Å². The van der Waals surface area contributed by atoms with E-state index < -0.39 is 11.8 Å². The number of aromatic nitrogens is 2. The van der Waals surface area contributed by atoms with Gasteiger partial charge in [-0.1, -0.05) is 144 Å². The second-order valence-corrected chi connectivity index (χ2v) is 33.2. The predicted molar refractivity (Wildman–Crippen MR) is 537 cm³/mol. The Morgan fingerprint density at radius 3 is 1.04 bits per heavy atom. The first-order valence-electron chi connectivity index (χ1n) is 44.5. The molecule has 2 aromatic heterocycles. The Morgan fingerprint density at radius 1 is 0.343 bits per heavy atom. The summed E-state index contributed by atoms with van der Waals surface area (Å²) in [5.74, 6) is -0.170. The molecule has 0 saturated carbocycles. The molecule has 22 nitrogen and oxygen atoms in total. The van der Waals surface area contributed by atoms with Crippen LogP contribution in [0.5, 0.6) is 23.0 Å². The van der Waals surface area contributed by atoms with Gasteiger partial charge in [-0.25, -0.2) is 34.9 Å². The number of likely N-dealkylation sites (N-methyl/N-ethyl adjacent to an activating group) is 2. The maximum absolute atomic E-state index is 16.1. The second kappa shape index (κ2) is 38.6. The molecule has 9 aromatic rings. The lowest BCUT2D eigenvalue weighted by atomic mass is 9.96. The number of hydrogen-bond acceptors (Lipinski definition) is 18. The Bertz CT molecular complexity index is 7170. The molecule has 0 aliphatic carbocycles. The van der Waals surface area contributed by atoms with Crippen molar-refractivity contribution in [3.8, 4) is 23.0 Å². The first kappa shape index (κ1) is 87.4. The fourth-order valence-corrected chi connectivity index (χ4v) is 17.4. The minimum Gasteiger partial charge on any atom is -0.494 e. The van der Waals surface area contributed by atoms with Crippen molar-refractivity contribution in [3.63, 3.8) is 0 Å². The van der Waals surface area contributed by atoms with Crippen LogP contribution < -0.4 is 24.3 Å². The normalized spacial score (nSPS) is 17.5. The van der Waals surface area contributed by atoms with E-state index in [-0.39, 0.29) is 71.9 Å². The highest BCUT2D eigenvalue weighted by Crippen LogP contribution is 2.46. The van der Waals surface area contributed by atoms with Crippen molar-refractivity contribution in [2.45, 2.75) is 27.7 Å². The van der Waals surface area contributed by atoms with Gasteiger partial charge in [0.25, 0.3) is 5.91 Å². The minimum atomic E-state index is -0.599. The number of aliphatic imine (C=N–C) groups is 7. The van der Waals surface area contributed by atoms with Gasteiger partial charge in [-0.05, 0) is 213 Å². The number of anilines is 1. The zero-order valence-electron chi connectivity index (χ0n) is 76.0. The third-order valence-corrected chi connectivity index (χ3v) is 24.2. The molecular weight excluding hydrogens is 1670 g/mol. The third-order valence-electron chi connectivity index (χ3n) is 24.2. The molecule has 0 atom stereocenters. The first-order valence-corrected chi connectivity index (χ1v) is 44.5. The Hall–Kier alpha value is -16.0. The van der Waals surface area contributed by atoms with E-state index in [4.69, 9.17) is 72.8 Å². The number of carbonyl (C=O) groups is 1. The van der Waals surface area contributed by atoms with E-state index in [1.807, 2.05) is 118 Å². The molecule has 134 heavy (non-hydrogen) atoms. The second-order valence-electron chi connectivity index (χ2n) is 33.2. The number of aromatic amines is 2. The molecule has 12 heterocycles. The van der Waals surface area contributed by atoms with Crippen LogP contribution in [0.3, 0.4) is 0 Å². The van der Waals surface area contributed by atoms with Gasteiger partial charge in [-0.15, -0.1) is 0 Å². The third kappa shape index (κ3) is 18.0. The number of rotatable bonds is 26. The van der Waals surface area contributed by atoms with Crippen LogP contribution in [0.1, 0.15) is 94.3 Å². The number of aliphatic hydroxyl groups is 1. The van der Waals surface area contributed by atoms with Gasteiger partial charge in [0.1, 0.15) is 41.9 Å². The molecule has 0 saturated heterocycles. The Kier molecular flexibility index (Phi) is 25.2. The van der Waals surface area contributed by atoms with Crippen molar-refractivity contribution in [3.05, 3.63) is 427 Å². The van der Waals surface area contributed by atoms with E-state index in [0.717, 1.165) is 135 Å². The molecule has 666 valence electrons. The fourth-order valence-electron chi connectivity index (χ4n) is 17.4. The average Bonchev–Trinajstić information content (AvgIpc) is 1.60. The molecule has 1 amide bonds. The largest absolute Gasteiger partial charge is 0.494 e. The van der Waals surface area contributed by atoms with Crippen molar-refractivity contribution >= 4 is 102 Å². The van der Waals surface area contributed by atoms with E-state index in [2.05, 4.69) is 211 Å². The van der Waals surface area contributed by atoms with Gasteiger partial charge in [-0.3, -0.25) is 4.79 Å². The van der Waals surface area contributed by atoms with Gasteiger partial charge < -0.3 is 68.1 Å². The number of nitrogens with zero attached hydrogens (tertiary/aromatic N) is 9. The highest BCUT2D eigenvalue weighted by Gasteiger charge is 2.34. The van der Waals surface area contributed by atoms with Gasteiger partial charge >= 0.3 is 0 Å². The van der Waals surface area contributed by atoms with Crippen molar-refractivity contribution in [2.75, 3.05) is 101 Å². The Balaban J connectivity index is 0.746. The summed E-state index contributed by atoms with van der Waals surface area (Å²) in [6.07, 6.45) is 40.8. The zero-order chi connectivity index (χ0) is 92.0. The van der Waals surface area contributed by atoms with Crippen LogP contribution >= 0.6 is 0 Å². The number of fused-ring (bicyclic) bond motifs is 10. The van der Waals surface area contributed by atoms with E-state index >= 15 is 4.79 Å². The summed E-state index contributed by atoms with van der Waals surface area (Å²) in [5.41, 5.74) is 29.7. The molecule has 7 aromatic carbocycles. The number of amides is 1. The lowest BCUT2D eigenvalue weighted by molar-refractivity contribution is 0.0542. The number of aliphatic hydroxyl groups excluding tert-OH is 1. The van der Waals surface area contributed by atoms with Gasteiger partial charge in [0, 0.05) is 103 Å². The molecule has 10 aliphatic rings. The first-order chi connectivity index (χ1) is 65.5. The van der Waals surface area contributed by atoms with Gasteiger partial charge in [0.2, 0.25) is 5.90 Å². The lowest BCUT2D eigenvalue weighted by Crippen LogP contribution is -2.17. The molecule has 0 spiro atoms. The summed E-state index contributed by atoms with van der Waals surface area (Å²) in [4.78, 5) is 66.6. The fraction of sp³-hybridized carbons (Fsp3) is 0.161. The van der Waals surface area contributed by atoms with Gasteiger partial charge in [-0.2, -0.15) is 0 Å². The number of benzene rings is 7. The topological polar surface area (TPSA) is 248 Å². The number of methoxy groups -OCH3 is 4. The number of aryl methyl sites for hydroxylation is 4. The molecule has 4 N–H and O–H groups in total. The number of allylic oxidation sites excluding steroid dienone is 24. The molecule has 0 fully saturated rings. The maximum atomic E-state index is 16.1. The molecular formula is C112H98N12O10. The highest BCUT2D eigenvalue weighted by molar-refractivity contribution is 6.40. The standard InChI is InChI=1S/C112H98N12O10/c1-67-17-25-71(26-18-67)103-79-35-39-87(113-79)107(88-40-36-80(114-88)104(72-27-19-68(2)20-28-72)84-44-48-92(118-84)109(91-47-43-83(103)117-91)97-15-11-13-53-123(97)5)75-33-51-99(133-61-59-131-57-55-127-7)77(63-75)111(125)121-95-65-96(102(130-10)66-101(95)129-9)122-112(126)78-64-76(34-52-100(78)134-62-60-132-58-56-128-8)108-89-41-37-81(115-89)105(73-29-21-69(3)22-30-73)85-45-49-93(119-85)110(98-16-12-14-54-124(98)6)94-50-46-86(120-94)106(82-38-42-90(108)116-82)74-31-23-70(4)24-32-74/h11-54,63-66,117,119H,55-62H2,1-10H3,(H,121,125)(H,122,126). The van der Waals surface area contributed by atoms with Crippen molar-refractivity contribution in [2.24, 2.45) is 34.9 Å². The molecule has 16 bridgehead atoms. The highest BCUT2D eigenvalue weighted by atomic mass is 16.5. The monoisotopic (exact) mass is 1770 g/mol. The van der Waals surface area contributed by atoms with Gasteiger partial charge in [0.05, 0.1) is 162 Å². The van der Waals surface area contributed by atoms with E-state index in [1.54, 1.807) is 44.6 Å². The number of H-pyrrole nitrogens is 2. The zero-order valence-corrected chi connectivity index (χ0v) is 76.0. The van der Waals surface area contributed by atoms with Gasteiger partial charge in [0.15, 0.2) is 0 Å². The predicted octanol–water partition coefficient (Wildman–Crippen LogP) is 21.3. The maximum Gasteiger partial charge on any atom is 0.259 e. The Labute approximate surface area is 778 Å². The van der Waals surface area contributed by atoms with Crippen LogP contribution in [0.15, 0.2) is 372 Å². The summed E-state index contributed by atoms with van der Waals surface area (Å²) in [6.45, 7) is 10.2. The SMILES string of the molecule is COCCOCCOc1ccc(C2=C3C=CC(=N3)C(c3ccc(C)cc3)=C3C=CC(=N3)C(=C3C=CC=CN3C)c3ccc([nH]3)C(c3ccc(C)cc3)=C3C=CC2=N3)cc1C(=O)Nc1cc(N=C(O)c2cc(C3=C4C=CC(=N4)C(c4ccc(C)cc4)=C4C=CC(=N4)C(=C4C=CC=CN4C)c4ccc([nH]4)C(c4ccc(C)cc4)=C4C=CC3=N4)ccc2OCCOCCOC)c(OC)cc1OC. The number of hydrogen-bond donors (Lipinski definition) is 4. The van der Waals surface area contributed by atoms with Crippen LogP contribution in [-0.4, -0.2) is 166 Å². The molecule has 22 heteroatoms. The molecule has 10 aliphatic heterocycles. The molecule has 19 rings (SSSR count). The average molecular weight is 1770 g/mol. The van der Waals surface area contributed by atoms with Crippen molar-refractivity contribution < 1.29 is 47.8 Å². The van der Waals surface area contributed by atoms with E-state index in [9.17, 15) is 5.11 Å². The molecule has 0 unspecified atom stereocenters. The summed E-state index contributed by atoms with van der Waals surface area (Å²) < 4.78 is 48.0. The van der Waals surface area contributed by atoms with Crippen molar-refractivity contribution in [1.82, 2.24) is 19.8 Å². The van der Waals surface area contributed by atoms with Crippen LogP contribution in [0.4, 0.5) is 11.4 Å². The van der Waals surface area contributed by atoms with Crippen LogP contribution in [0.25, 0.3) is 44.6 Å². The summed E-state index contributed by atoms with van der Waals surface area (Å²) in [5, 5.41) is 16.4. The molecule has 0 radical (unpaired) electrons. The number of carbonyl (C=O) groups excluding carboxylic acids is 1. The quantitative estimate of drug-likeness (QED) is 0.0225. The van der Waals surface area contributed by atoms with Crippen LogP contribution in [-0.2, 0) is 18.9 Å². The summed E-state index contributed by atoms with van der Waals surface area (Å²) in [6, 6.07) is 56.4. The number of nitrogens with one attached hydrogen (secondary N) is 3. The van der Waals surface area contributed by atoms with Crippen molar-refractivity contribution in [1.29, 1.82) is 0 Å². The summed E-state index contributed by atoms with van der Waals surface area (Å²) >= 11 is 0. The summed E-state index contributed by atoms with van der Waals surface area (Å²) in [7, 11) is 10.3. The Morgan fingerprint density at radius 2 is 0.672 bits per heavy atom. The van der Waals surface area contributed by atoms with Crippen LogP contribution in [0, 0.1) is 27.7 Å². The lowest BCUT2D eigenvalue weighted by Gasteiger charge is -2.22. The van der Waals surface area contributed by atoms with E-state index in [0.29, 0.717) is 94.3 Å². The minimum absolute atomic E-state index is 0.0710.